The van der Waals surface area contributed by atoms with Crippen molar-refractivity contribution in [3.8, 4) is 0 Å². The molecule has 0 bridgehead atoms. The van der Waals surface area contributed by atoms with Gasteiger partial charge in [-0.05, 0) is 30.6 Å². The van der Waals surface area contributed by atoms with Gasteiger partial charge in [0.15, 0.2) is 0 Å². The highest BCUT2D eigenvalue weighted by Crippen LogP contribution is 2.79. The Balaban J connectivity index is 1.85. The Labute approximate surface area is 108 Å². The Kier molecular flexibility index (Phi) is 1.84. The Bertz CT molecular complexity index is 448. The lowest BCUT2D eigenvalue weighted by Gasteiger charge is -2.82. The first kappa shape index (κ1) is 11.0. The summed E-state index contributed by atoms with van der Waals surface area (Å²) < 4.78 is 0. The summed E-state index contributed by atoms with van der Waals surface area (Å²) in [4.78, 5) is 11.0. The standard InChI is InChI=1S/C15H21NO2/c1-13-7-4-8-14(16-9-17)11-6-3-2-5-10(13)15(11,18)12(13)14/h4,8-12,18H,2-3,5-7H2,1H3,(H,16,17)/t10?,11?,12-,13?,14?,15?/m1/s1. The van der Waals surface area contributed by atoms with Crippen LogP contribution in [0.1, 0.15) is 39.0 Å². The highest BCUT2D eigenvalue weighted by molar-refractivity contribution is 5.55. The summed E-state index contributed by atoms with van der Waals surface area (Å²) in [5.41, 5.74) is -0.545. The van der Waals surface area contributed by atoms with Crippen LogP contribution in [0.5, 0.6) is 0 Å². The van der Waals surface area contributed by atoms with Crippen LogP contribution < -0.4 is 5.32 Å². The van der Waals surface area contributed by atoms with Crippen molar-refractivity contribution in [2.75, 3.05) is 0 Å². The fraction of sp³-hybridized carbons (Fsp3) is 0.800. The highest BCUT2D eigenvalue weighted by atomic mass is 16.3. The van der Waals surface area contributed by atoms with Crippen LogP contribution >= 0.6 is 0 Å². The maximum Gasteiger partial charge on any atom is 0.207 e. The van der Waals surface area contributed by atoms with E-state index in [1.54, 1.807) is 0 Å². The monoisotopic (exact) mass is 247 g/mol. The summed E-state index contributed by atoms with van der Waals surface area (Å²) in [7, 11) is 0. The normalized spacial score (nSPS) is 59.8. The van der Waals surface area contributed by atoms with Crippen LogP contribution in [0.2, 0.25) is 0 Å². The zero-order chi connectivity index (χ0) is 12.6. The second-order valence-corrected chi connectivity index (χ2v) is 7.02. The van der Waals surface area contributed by atoms with E-state index in [0.29, 0.717) is 5.92 Å². The van der Waals surface area contributed by atoms with Crippen molar-refractivity contribution in [3.05, 3.63) is 12.2 Å². The highest BCUT2D eigenvalue weighted by Gasteiger charge is 2.85. The molecular weight excluding hydrogens is 226 g/mol. The van der Waals surface area contributed by atoms with Crippen molar-refractivity contribution in [1.29, 1.82) is 0 Å². The first-order chi connectivity index (χ1) is 8.60. The van der Waals surface area contributed by atoms with E-state index in [1.807, 2.05) is 0 Å². The molecule has 0 aromatic heterocycles. The minimum absolute atomic E-state index is 0.195. The number of nitrogens with one attached hydrogen (secondary N) is 1. The van der Waals surface area contributed by atoms with Crippen molar-refractivity contribution in [2.24, 2.45) is 23.2 Å². The Morgan fingerprint density at radius 2 is 2.06 bits per heavy atom. The lowest BCUT2D eigenvalue weighted by atomic mass is 9.25. The molecule has 3 nitrogen and oxygen atoms in total. The Morgan fingerprint density at radius 3 is 2.78 bits per heavy atom. The molecule has 2 N–H and O–H groups in total. The van der Waals surface area contributed by atoms with Crippen molar-refractivity contribution >= 4 is 6.41 Å². The SMILES string of the molecule is CC12CC=CC3(NC=O)C4CCCCC1C4(O)[C@H]23. The molecule has 0 spiro atoms. The minimum atomic E-state index is -0.494. The van der Waals surface area contributed by atoms with Crippen LogP contribution in [-0.2, 0) is 4.79 Å². The minimum Gasteiger partial charge on any atom is -0.389 e. The summed E-state index contributed by atoms with van der Waals surface area (Å²) in [6.07, 6.45) is 10.9. The summed E-state index contributed by atoms with van der Waals surface area (Å²) in [6.45, 7) is 2.31. The number of hydrogen-bond acceptors (Lipinski definition) is 2. The molecule has 0 heterocycles. The molecule has 1 amide bonds. The summed E-state index contributed by atoms with van der Waals surface area (Å²) in [5, 5.41) is 14.2. The van der Waals surface area contributed by atoms with Gasteiger partial charge in [0, 0.05) is 11.8 Å². The van der Waals surface area contributed by atoms with Crippen molar-refractivity contribution in [2.45, 2.75) is 50.2 Å². The van der Waals surface area contributed by atoms with E-state index in [-0.39, 0.29) is 22.8 Å². The van der Waals surface area contributed by atoms with Crippen LogP contribution in [0.3, 0.4) is 0 Å². The van der Waals surface area contributed by atoms with Crippen LogP contribution in [0.4, 0.5) is 0 Å². The smallest absolute Gasteiger partial charge is 0.207 e. The molecule has 4 rings (SSSR count). The van der Waals surface area contributed by atoms with E-state index >= 15 is 0 Å². The molecule has 4 aliphatic carbocycles. The van der Waals surface area contributed by atoms with Gasteiger partial charge in [-0.2, -0.15) is 0 Å². The van der Waals surface area contributed by atoms with Crippen molar-refractivity contribution < 1.29 is 9.90 Å². The van der Waals surface area contributed by atoms with E-state index in [0.717, 1.165) is 25.7 Å². The third-order valence-electron chi connectivity index (χ3n) is 6.58. The zero-order valence-corrected chi connectivity index (χ0v) is 10.9. The molecule has 4 aliphatic rings. The first-order valence-electron chi connectivity index (χ1n) is 7.22. The molecule has 0 radical (unpaired) electrons. The number of hydrogen-bond donors (Lipinski definition) is 2. The van der Waals surface area contributed by atoms with Gasteiger partial charge in [0.05, 0.1) is 11.1 Å². The van der Waals surface area contributed by atoms with Gasteiger partial charge in [-0.1, -0.05) is 31.9 Å². The number of carbonyl (C=O) groups is 1. The lowest BCUT2D eigenvalue weighted by molar-refractivity contribution is -0.373. The Hall–Kier alpha value is -0.830. The fourth-order valence-electron chi connectivity index (χ4n) is 6.26. The molecule has 3 fully saturated rings. The molecule has 0 aromatic carbocycles. The molecule has 3 heteroatoms. The summed E-state index contributed by atoms with van der Waals surface area (Å²) in [5.74, 6) is 0.909. The average Bonchev–Trinajstić information content (AvgIpc) is 2.42. The van der Waals surface area contributed by atoms with E-state index in [2.05, 4.69) is 24.4 Å². The van der Waals surface area contributed by atoms with Crippen molar-refractivity contribution in [1.82, 2.24) is 5.32 Å². The number of fused-ring (bicyclic) bond motifs is 2. The van der Waals surface area contributed by atoms with Crippen LogP contribution in [-0.4, -0.2) is 22.7 Å². The van der Waals surface area contributed by atoms with E-state index in [9.17, 15) is 9.90 Å². The maximum absolute atomic E-state index is 11.1. The topological polar surface area (TPSA) is 49.3 Å². The van der Waals surface area contributed by atoms with Crippen LogP contribution in [0.25, 0.3) is 0 Å². The summed E-state index contributed by atoms with van der Waals surface area (Å²) >= 11 is 0. The van der Waals surface area contributed by atoms with Gasteiger partial charge < -0.3 is 10.4 Å². The third-order valence-corrected chi connectivity index (χ3v) is 6.58. The third kappa shape index (κ3) is 0.841. The molecule has 18 heavy (non-hydrogen) atoms. The number of rotatable bonds is 2. The van der Waals surface area contributed by atoms with Crippen LogP contribution in [0.15, 0.2) is 12.2 Å². The predicted octanol–water partition coefficient (Wildman–Crippen LogP) is 1.62. The summed E-state index contributed by atoms with van der Waals surface area (Å²) in [6, 6.07) is 0. The first-order valence-corrected chi connectivity index (χ1v) is 7.22. The van der Waals surface area contributed by atoms with Gasteiger partial charge in [0.25, 0.3) is 0 Å². The molecule has 0 aliphatic heterocycles. The number of aliphatic hydroxyl groups is 1. The van der Waals surface area contributed by atoms with Crippen LogP contribution in [0, 0.1) is 23.2 Å². The predicted molar refractivity (Wildman–Crippen MR) is 67.7 cm³/mol. The zero-order valence-electron chi connectivity index (χ0n) is 10.9. The van der Waals surface area contributed by atoms with E-state index in [4.69, 9.17) is 0 Å². The largest absolute Gasteiger partial charge is 0.389 e. The van der Waals surface area contributed by atoms with Gasteiger partial charge >= 0.3 is 0 Å². The second-order valence-electron chi connectivity index (χ2n) is 7.02. The average molecular weight is 247 g/mol. The maximum atomic E-state index is 11.1. The molecule has 3 saturated carbocycles. The van der Waals surface area contributed by atoms with E-state index in [1.165, 1.54) is 12.8 Å². The van der Waals surface area contributed by atoms with Gasteiger partial charge in [0.1, 0.15) is 0 Å². The van der Waals surface area contributed by atoms with Gasteiger partial charge in [-0.25, -0.2) is 0 Å². The molecule has 0 saturated heterocycles. The van der Waals surface area contributed by atoms with Gasteiger partial charge in [0.2, 0.25) is 6.41 Å². The quantitative estimate of drug-likeness (QED) is 0.575. The van der Waals surface area contributed by atoms with E-state index < -0.39 is 5.60 Å². The number of carbonyl (C=O) groups excluding carboxylic acids is 1. The number of allylic oxidation sites excluding steroid dienone is 1. The number of amides is 1. The van der Waals surface area contributed by atoms with Gasteiger partial charge in [-0.3, -0.25) is 4.79 Å². The Morgan fingerprint density at radius 1 is 1.33 bits per heavy atom. The molecule has 5 unspecified atom stereocenters. The molecule has 6 atom stereocenters. The second kappa shape index (κ2) is 3.01. The van der Waals surface area contributed by atoms with Gasteiger partial charge in [-0.15, -0.1) is 0 Å². The molecule has 98 valence electrons. The lowest BCUT2D eigenvalue weighted by Crippen LogP contribution is -2.92. The molecular formula is C15H21NO2. The van der Waals surface area contributed by atoms with Crippen molar-refractivity contribution in [3.63, 3.8) is 0 Å². The molecule has 0 aromatic rings. The fourth-order valence-corrected chi connectivity index (χ4v) is 6.26.